The molecule has 0 amide bonds. The summed E-state index contributed by atoms with van der Waals surface area (Å²) in [4.78, 5) is 4.37. The van der Waals surface area contributed by atoms with E-state index < -0.39 is 0 Å². The Bertz CT molecular complexity index is 348. The maximum absolute atomic E-state index is 5.37. The molecule has 1 aromatic heterocycles. The Morgan fingerprint density at radius 2 is 2.33 bits per heavy atom. The van der Waals surface area contributed by atoms with E-state index in [1.807, 2.05) is 12.4 Å². The first-order valence-electron chi connectivity index (χ1n) is 6.64. The minimum absolute atomic E-state index is 0.301. The molecule has 2 heterocycles. The van der Waals surface area contributed by atoms with Gasteiger partial charge in [-0.25, -0.2) is 4.98 Å². The van der Waals surface area contributed by atoms with Crippen LogP contribution < -0.4 is 5.32 Å². The molecule has 0 radical (unpaired) electrons. The molecular formula is C13H23N3O2. The highest BCUT2D eigenvalue weighted by Gasteiger charge is 2.15. The fourth-order valence-electron chi connectivity index (χ4n) is 2.31. The molecule has 1 N–H and O–H groups in total. The third-order valence-electron chi connectivity index (χ3n) is 3.44. The molecule has 2 rings (SSSR count). The van der Waals surface area contributed by atoms with Gasteiger partial charge in [0.15, 0.2) is 0 Å². The summed E-state index contributed by atoms with van der Waals surface area (Å²) in [5.74, 6) is 1.63. The van der Waals surface area contributed by atoms with E-state index in [0.717, 1.165) is 38.5 Å². The van der Waals surface area contributed by atoms with Gasteiger partial charge in [0.05, 0.1) is 12.6 Å². The third-order valence-corrected chi connectivity index (χ3v) is 3.44. The van der Waals surface area contributed by atoms with E-state index in [4.69, 9.17) is 9.47 Å². The van der Waals surface area contributed by atoms with Crippen LogP contribution in [0.2, 0.25) is 0 Å². The van der Waals surface area contributed by atoms with Gasteiger partial charge in [-0.3, -0.25) is 0 Å². The molecule has 0 bridgehead atoms. The van der Waals surface area contributed by atoms with Gasteiger partial charge < -0.3 is 19.4 Å². The van der Waals surface area contributed by atoms with Gasteiger partial charge in [-0.2, -0.15) is 0 Å². The minimum Gasteiger partial charge on any atom is -0.383 e. The molecule has 1 unspecified atom stereocenters. The molecule has 0 aliphatic carbocycles. The molecule has 1 saturated heterocycles. The van der Waals surface area contributed by atoms with Crippen molar-refractivity contribution in [3.8, 4) is 0 Å². The third kappa shape index (κ3) is 3.46. The Labute approximate surface area is 108 Å². The number of rotatable bonds is 6. The lowest BCUT2D eigenvalue weighted by atomic mass is 10.0. The Kier molecular flexibility index (Phi) is 5.01. The Balaban J connectivity index is 1.86. The van der Waals surface area contributed by atoms with E-state index in [1.165, 1.54) is 0 Å². The SMILES string of the molecule is COCC(C)n1ccnc1NCC1CCOCC1. The van der Waals surface area contributed by atoms with Crippen LogP contribution in [0.4, 0.5) is 5.95 Å². The van der Waals surface area contributed by atoms with Crippen LogP contribution >= 0.6 is 0 Å². The average molecular weight is 253 g/mol. The lowest BCUT2D eigenvalue weighted by Gasteiger charge is -2.23. The van der Waals surface area contributed by atoms with Crippen LogP contribution in [-0.2, 0) is 9.47 Å². The van der Waals surface area contributed by atoms with Crippen molar-refractivity contribution in [1.82, 2.24) is 9.55 Å². The normalized spacial score (nSPS) is 18.8. The molecule has 0 aromatic carbocycles. The van der Waals surface area contributed by atoms with Crippen LogP contribution in [0.15, 0.2) is 12.4 Å². The van der Waals surface area contributed by atoms with Crippen molar-refractivity contribution in [1.29, 1.82) is 0 Å². The predicted molar refractivity (Wildman–Crippen MR) is 70.8 cm³/mol. The highest BCUT2D eigenvalue weighted by atomic mass is 16.5. The molecule has 1 aromatic rings. The van der Waals surface area contributed by atoms with Gasteiger partial charge in [-0.15, -0.1) is 0 Å². The standard InChI is InChI=1S/C13H23N3O2/c1-11(10-17-2)16-6-5-14-13(16)15-9-12-3-7-18-8-4-12/h5-6,11-12H,3-4,7-10H2,1-2H3,(H,14,15). The summed E-state index contributed by atoms with van der Waals surface area (Å²) in [5.41, 5.74) is 0. The molecular weight excluding hydrogens is 230 g/mol. The van der Waals surface area contributed by atoms with E-state index in [0.29, 0.717) is 18.6 Å². The monoisotopic (exact) mass is 253 g/mol. The smallest absolute Gasteiger partial charge is 0.203 e. The number of imidazole rings is 1. The van der Waals surface area contributed by atoms with E-state index in [2.05, 4.69) is 21.8 Å². The summed E-state index contributed by atoms with van der Waals surface area (Å²) in [6.07, 6.45) is 6.11. The van der Waals surface area contributed by atoms with Crippen molar-refractivity contribution >= 4 is 5.95 Å². The van der Waals surface area contributed by atoms with Crippen molar-refractivity contribution in [3.63, 3.8) is 0 Å². The lowest BCUT2D eigenvalue weighted by Crippen LogP contribution is -2.24. The lowest BCUT2D eigenvalue weighted by molar-refractivity contribution is 0.0698. The second kappa shape index (κ2) is 6.75. The molecule has 1 fully saturated rings. The van der Waals surface area contributed by atoms with Crippen molar-refractivity contribution < 1.29 is 9.47 Å². The highest BCUT2D eigenvalue weighted by molar-refractivity contribution is 5.26. The number of ether oxygens (including phenoxy) is 2. The number of aromatic nitrogens is 2. The summed E-state index contributed by atoms with van der Waals surface area (Å²) in [5, 5.41) is 3.44. The topological polar surface area (TPSA) is 48.3 Å². The van der Waals surface area contributed by atoms with Crippen LogP contribution in [-0.4, -0.2) is 43.0 Å². The number of methoxy groups -OCH3 is 1. The fourth-order valence-corrected chi connectivity index (χ4v) is 2.31. The zero-order chi connectivity index (χ0) is 12.8. The van der Waals surface area contributed by atoms with Crippen molar-refractivity contribution in [3.05, 3.63) is 12.4 Å². The molecule has 102 valence electrons. The summed E-state index contributed by atoms with van der Waals surface area (Å²) >= 11 is 0. The minimum atomic E-state index is 0.301. The first kappa shape index (κ1) is 13.4. The number of hydrogen-bond acceptors (Lipinski definition) is 4. The van der Waals surface area contributed by atoms with E-state index in [9.17, 15) is 0 Å². The van der Waals surface area contributed by atoms with Gasteiger partial charge in [0.2, 0.25) is 5.95 Å². The first-order valence-corrected chi connectivity index (χ1v) is 6.64. The van der Waals surface area contributed by atoms with Crippen LogP contribution in [0.25, 0.3) is 0 Å². The Morgan fingerprint density at radius 3 is 3.06 bits per heavy atom. The van der Waals surface area contributed by atoms with Crippen LogP contribution in [0.5, 0.6) is 0 Å². The first-order chi connectivity index (χ1) is 8.81. The fraction of sp³-hybridized carbons (Fsp3) is 0.769. The number of nitrogens with one attached hydrogen (secondary N) is 1. The molecule has 1 atom stereocenters. The van der Waals surface area contributed by atoms with Crippen molar-refractivity contribution in [2.75, 3.05) is 38.8 Å². The Hall–Kier alpha value is -1.07. The molecule has 5 nitrogen and oxygen atoms in total. The molecule has 18 heavy (non-hydrogen) atoms. The second-order valence-corrected chi connectivity index (χ2v) is 4.90. The summed E-state index contributed by atoms with van der Waals surface area (Å²) in [7, 11) is 1.72. The maximum atomic E-state index is 5.37. The molecule has 5 heteroatoms. The van der Waals surface area contributed by atoms with Crippen molar-refractivity contribution in [2.24, 2.45) is 5.92 Å². The summed E-state index contributed by atoms with van der Waals surface area (Å²) in [6, 6.07) is 0.301. The van der Waals surface area contributed by atoms with Crippen LogP contribution in [0.3, 0.4) is 0 Å². The Morgan fingerprint density at radius 1 is 1.56 bits per heavy atom. The largest absolute Gasteiger partial charge is 0.383 e. The van der Waals surface area contributed by atoms with Gasteiger partial charge in [0.1, 0.15) is 0 Å². The quantitative estimate of drug-likeness (QED) is 0.841. The van der Waals surface area contributed by atoms with Gasteiger partial charge in [0.25, 0.3) is 0 Å². The van der Waals surface area contributed by atoms with E-state index in [-0.39, 0.29) is 0 Å². The van der Waals surface area contributed by atoms with Crippen LogP contribution in [0, 0.1) is 5.92 Å². The maximum Gasteiger partial charge on any atom is 0.203 e. The highest BCUT2D eigenvalue weighted by Crippen LogP contribution is 2.17. The molecule has 0 spiro atoms. The van der Waals surface area contributed by atoms with Gasteiger partial charge in [-0.05, 0) is 25.7 Å². The van der Waals surface area contributed by atoms with Gasteiger partial charge in [0, 0.05) is 39.3 Å². The average Bonchev–Trinajstić information content (AvgIpc) is 2.86. The summed E-state index contributed by atoms with van der Waals surface area (Å²) in [6.45, 7) is 5.58. The number of anilines is 1. The molecule has 1 aliphatic heterocycles. The number of hydrogen-bond donors (Lipinski definition) is 1. The van der Waals surface area contributed by atoms with E-state index >= 15 is 0 Å². The molecule has 0 saturated carbocycles. The van der Waals surface area contributed by atoms with Crippen LogP contribution in [0.1, 0.15) is 25.8 Å². The zero-order valence-electron chi connectivity index (χ0n) is 11.3. The zero-order valence-corrected chi connectivity index (χ0v) is 11.3. The van der Waals surface area contributed by atoms with Crippen molar-refractivity contribution in [2.45, 2.75) is 25.8 Å². The second-order valence-electron chi connectivity index (χ2n) is 4.90. The summed E-state index contributed by atoms with van der Waals surface area (Å²) < 4.78 is 12.7. The van der Waals surface area contributed by atoms with E-state index in [1.54, 1.807) is 7.11 Å². The number of nitrogens with zero attached hydrogens (tertiary/aromatic N) is 2. The van der Waals surface area contributed by atoms with Gasteiger partial charge >= 0.3 is 0 Å². The molecule has 1 aliphatic rings. The predicted octanol–water partition coefficient (Wildman–Crippen LogP) is 1.93. The van der Waals surface area contributed by atoms with Gasteiger partial charge in [-0.1, -0.05) is 0 Å².